The zero-order valence-electron chi connectivity index (χ0n) is 12.4. The van der Waals surface area contributed by atoms with Crippen LogP contribution in [0.5, 0.6) is 0 Å². The van der Waals surface area contributed by atoms with Crippen LogP contribution in [0.15, 0.2) is 41.6 Å². The lowest BCUT2D eigenvalue weighted by Crippen LogP contribution is -2.32. The number of nitrogens with zero attached hydrogens (tertiary/aromatic N) is 4. The van der Waals surface area contributed by atoms with Crippen molar-refractivity contribution in [3.8, 4) is 0 Å². The number of benzene rings is 1. The van der Waals surface area contributed by atoms with Crippen LogP contribution in [-0.4, -0.2) is 25.0 Å². The summed E-state index contributed by atoms with van der Waals surface area (Å²) in [5.41, 5.74) is 0.948. The van der Waals surface area contributed by atoms with Gasteiger partial charge in [-0.3, -0.25) is 13.9 Å². The number of halogens is 1. The van der Waals surface area contributed by atoms with Gasteiger partial charge in [0.2, 0.25) is 5.91 Å². The van der Waals surface area contributed by atoms with Crippen molar-refractivity contribution in [2.75, 3.05) is 0 Å². The minimum atomic E-state index is -0.397. The first-order valence-electron chi connectivity index (χ1n) is 6.93. The Morgan fingerprint density at radius 3 is 2.91 bits per heavy atom. The van der Waals surface area contributed by atoms with Crippen molar-refractivity contribution >= 4 is 17.1 Å². The van der Waals surface area contributed by atoms with Crippen molar-refractivity contribution in [2.45, 2.75) is 13.1 Å². The van der Waals surface area contributed by atoms with Gasteiger partial charge < -0.3 is 5.32 Å². The highest BCUT2D eigenvalue weighted by molar-refractivity contribution is 5.78. The molecule has 0 atom stereocenters. The van der Waals surface area contributed by atoms with E-state index in [1.165, 1.54) is 27.7 Å². The minimum absolute atomic E-state index is 0.0571. The smallest absolute Gasteiger partial charge is 0.330 e. The van der Waals surface area contributed by atoms with Crippen molar-refractivity contribution in [1.82, 2.24) is 24.4 Å². The first-order valence-corrected chi connectivity index (χ1v) is 6.93. The number of imidazole rings is 1. The molecule has 0 unspecified atom stereocenters. The molecule has 0 aliphatic heterocycles. The highest BCUT2D eigenvalue weighted by Gasteiger charge is 2.14. The fraction of sp³-hybridized carbons (Fsp3) is 0.200. The Kier molecular flexibility index (Phi) is 3.88. The van der Waals surface area contributed by atoms with Gasteiger partial charge >= 0.3 is 5.69 Å². The Bertz CT molecular complexity index is 931. The zero-order valence-corrected chi connectivity index (χ0v) is 12.4. The topological polar surface area (TPSA) is 81.8 Å². The number of amides is 1. The molecule has 3 aromatic rings. The van der Waals surface area contributed by atoms with Crippen molar-refractivity contribution < 1.29 is 9.18 Å². The summed E-state index contributed by atoms with van der Waals surface area (Å²) in [4.78, 5) is 32.1. The van der Waals surface area contributed by atoms with E-state index in [-0.39, 0.29) is 24.6 Å². The molecule has 0 spiro atoms. The maximum absolute atomic E-state index is 13.5. The van der Waals surface area contributed by atoms with Crippen molar-refractivity contribution in [1.29, 1.82) is 0 Å². The van der Waals surface area contributed by atoms with Crippen molar-refractivity contribution in [2.24, 2.45) is 7.05 Å². The third-order valence-corrected chi connectivity index (χ3v) is 3.53. The van der Waals surface area contributed by atoms with Gasteiger partial charge in [0.1, 0.15) is 24.2 Å². The summed E-state index contributed by atoms with van der Waals surface area (Å²) in [5, 5.41) is 2.60. The second-order valence-corrected chi connectivity index (χ2v) is 5.03. The van der Waals surface area contributed by atoms with E-state index in [0.717, 1.165) is 0 Å². The van der Waals surface area contributed by atoms with Crippen LogP contribution in [0.1, 0.15) is 5.56 Å². The van der Waals surface area contributed by atoms with E-state index < -0.39 is 5.91 Å². The third kappa shape index (κ3) is 2.83. The average Bonchev–Trinajstić information content (AvgIpc) is 2.80. The summed E-state index contributed by atoms with van der Waals surface area (Å²) in [5.74, 6) is -0.782. The number of aromatic nitrogens is 4. The van der Waals surface area contributed by atoms with Gasteiger partial charge in [-0.05, 0) is 6.07 Å². The number of aryl methyl sites for hydroxylation is 1. The first kappa shape index (κ1) is 14.9. The minimum Gasteiger partial charge on any atom is -0.350 e. The van der Waals surface area contributed by atoms with Gasteiger partial charge in [0.15, 0.2) is 5.65 Å². The second kappa shape index (κ2) is 5.99. The van der Waals surface area contributed by atoms with Gasteiger partial charge in [-0.15, -0.1) is 0 Å². The Morgan fingerprint density at radius 2 is 2.13 bits per heavy atom. The van der Waals surface area contributed by atoms with Crippen LogP contribution in [0.2, 0.25) is 0 Å². The van der Waals surface area contributed by atoms with Crippen LogP contribution < -0.4 is 11.0 Å². The number of rotatable bonds is 4. The molecular weight excluding hydrogens is 301 g/mol. The largest absolute Gasteiger partial charge is 0.350 e. The van der Waals surface area contributed by atoms with E-state index in [1.807, 2.05) is 0 Å². The molecule has 0 aliphatic rings. The van der Waals surface area contributed by atoms with Crippen LogP contribution in [0.3, 0.4) is 0 Å². The molecule has 23 heavy (non-hydrogen) atoms. The van der Waals surface area contributed by atoms with Gasteiger partial charge in [0, 0.05) is 19.2 Å². The quantitative estimate of drug-likeness (QED) is 0.764. The normalized spacial score (nSPS) is 10.9. The Balaban J connectivity index is 1.78. The molecule has 1 aromatic carbocycles. The standard InChI is InChI=1S/C15H14FN5O2/c1-20-14-12(7-17-9-19-14)21(15(20)23)8-13(22)18-6-10-4-2-3-5-11(10)16/h2-5,7,9H,6,8H2,1H3,(H,18,22). The lowest BCUT2D eigenvalue weighted by molar-refractivity contribution is -0.121. The maximum Gasteiger partial charge on any atom is 0.330 e. The fourth-order valence-electron chi connectivity index (χ4n) is 2.33. The van der Waals surface area contributed by atoms with Gasteiger partial charge in [0.25, 0.3) is 0 Å². The number of nitrogens with one attached hydrogen (secondary N) is 1. The molecule has 118 valence electrons. The number of hydrogen-bond acceptors (Lipinski definition) is 4. The molecule has 1 N–H and O–H groups in total. The van der Waals surface area contributed by atoms with Crippen LogP contribution in [0.25, 0.3) is 11.2 Å². The molecule has 1 amide bonds. The molecule has 0 aliphatic carbocycles. The van der Waals surface area contributed by atoms with E-state index in [2.05, 4.69) is 15.3 Å². The first-order chi connectivity index (χ1) is 11.1. The molecule has 0 bridgehead atoms. The summed E-state index contributed by atoms with van der Waals surface area (Å²) in [6.07, 6.45) is 2.82. The predicted molar refractivity (Wildman–Crippen MR) is 81.0 cm³/mol. The van der Waals surface area contributed by atoms with Gasteiger partial charge in [-0.25, -0.2) is 19.2 Å². The van der Waals surface area contributed by atoms with Crippen molar-refractivity contribution in [3.05, 3.63) is 58.7 Å². The van der Waals surface area contributed by atoms with Gasteiger partial charge in [-0.1, -0.05) is 18.2 Å². The lowest BCUT2D eigenvalue weighted by Gasteiger charge is -2.07. The summed E-state index contributed by atoms with van der Waals surface area (Å²) in [7, 11) is 1.57. The second-order valence-electron chi connectivity index (χ2n) is 5.03. The van der Waals surface area contributed by atoms with E-state index in [9.17, 15) is 14.0 Å². The maximum atomic E-state index is 13.5. The highest BCUT2D eigenvalue weighted by atomic mass is 19.1. The fourth-order valence-corrected chi connectivity index (χ4v) is 2.33. The Hall–Kier alpha value is -3.03. The van der Waals surface area contributed by atoms with E-state index >= 15 is 0 Å². The number of carbonyl (C=O) groups excluding carboxylic acids is 1. The zero-order chi connectivity index (χ0) is 16.4. The number of fused-ring (bicyclic) bond motifs is 1. The average molecular weight is 315 g/mol. The molecule has 0 saturated heterocycles. The van der Waals surface area contributed by atoms with Crippen LogP contribution in [-0.2, 0) is 24.9 Å². The Labute approximate surface area is 130 Å². The molecule has 3 rings (SSSR count). The summed E-state index contributed by atoms with van der Waals surface area (Å²) in [6, 6.07) is 6.19. The summed E-state index contributed by atoms with van der Waals surface area (Å²) >= 11 is 0. The summed E-state index contributed by atoms with van der Waals surface area (Å²) in [6.45, 7) is -0.125. The highest BCUT2D eigenvalue weighted by Crippen LogP contribution is 2.07. The third-order valence-electron chi connectivity index (χ3n) is 3.53. The predicted octanol–water partition coefficient (Wildman–Crippen LogP) is 0.585. The van der Waals surface area contributed by atoms with Crippen molar-refractivity contribution in [3.63, 3.8) is 0 Å². The molecule has 8 heteroatoms. The van der Waals surface area contributed by atoms with Crippen LogP contribution in [0, 0.1) is 5.82 Å². The SMILES string of the molecule is Cn1c(=O)n(CC(=O)NCc2ccccc2F)c2cncnc21. The molecule has 7 nitrogen and oxygen atoms in total. The molecule has 0 saturated carbocycles. The summed E-state index contributed by atoms with van der Waals surface area (Å²) < 4.78 is 16.1. The molecule has 0 fully saturated rings. The monoisotopic (exact) mass is 315 g/mol. The molecule has 2 heterocycles. The number of hydrogen-bond donors (Lipinski definition) is 1. The number of carbonyl (C=O) groups is 1. The molecule has 0 radical (unpaired) electrons. The lowest BCUT2D eigenvalue weighted by atomic mass is 10.2. The van der Waals surface area contributed by atoms with Crippen LogP contribution >= 0.6 is 0 Å². The Morgan fingerprint density at radius 1 is 1.35 bits per heavy atom. The molecule has 2 aromatic heterocycles. The van der Waals surface area contributed by atoms with E-state index in [4.69, 9.17) is 0 Å². The molecular formula is C15H14FN5O2. The van der Waals surface area contributed by atoms with Gasteiger partial charge in [-0.2, -0.15) is 0 Å². The van der Waals surface area contributed by atoms with E-state index in [1.54, 1.807) is 25.2 Å². The van der Waals surface area contributed by atoms with Crippen LogP contribution in [0.4, 0.5) is 4.39 Å². The van der Waals surface area contributed by atoms with Gasteiger partial charge in [0.05, 0.1) is 6.20 Å². The van der Waals surface area contributed by atoms with E-state index in [0.29, 0.717) is 16.7 Å².